The molecule has 2 aromatic rings. The molecule has 150 valence electrons. The second-order valence-electron chi connectivity index (χ2n) is 5.93. The average molecular weight is 397 g/mol. The molecular weight excluding hydrogens is 379 g/mol. The quantitative estimate of drug-likeness (QED) is 0.714. The number of amides is 1. The number of aliphatic carboxylic acids is 1. The number of aryl methyl sites for hydroxylation is 2. The molecule has 0 aliphatic rings. The Bertz CT molecular complexity index is 832. The van der Waals surface area contributed by atoms with Gasteiger partial charge in [-0.3, -0.25) is 4.79 Å². The van der Waals surface area contributed by atoms with Crippen molar-refractivity contribution in [3.8, 4) is 11.5 Å². The maximum Gasteiger partial charge on any atom is 0.387 e. The molecule has 1 atom stereocenters. The zero-order valence-corrected chi connectivity index (χ0v) is 15.0. The van der Waals surface area contributed by atoms with Gasteiger partial charge in [0.1, 0.15) is 17.3 Å². The van der Waals surface area contributed by atoms with E-state index < -0.39 is 30.4 Å². The van der Waals surface area contributed by atoms with Gasteiger partial charge in [-0.1, -0.05) is 0 Å². The van der Waals surface area contributed by atoms with Crippen LogP contribution in [0, 0.1) is 19.7 Å². The van der Waals surface area contributed by atoms with Gasteiger partial charge in [0.2, 0.25) is 6.10 Å². The molecule has 2 rings (SSSR count). The summed E-state index contributed by atoms with van der Waals surface area (Å²) in [5, 5.41) is 11.7. The van der Waals surface area contributed by atoms with Crippen molar-refractivity contribution in [2.24, 2.45) is 0 Å². The van der Waals surface area contributed by atoms with Crippen LogP contribution < -0.4 is 14.8 Å². The Morgan fingerprint density at radius 1 is 1.07 bits per heavy atom. The van der Waals surface area contributed by atoms with E-state index >= 15 is 0 Å². The minimum atomic E-state index is -2.99. The number of alkyl halides is 2. The molecule has 9 heteroatoms. The van der Waals surface area contributed by atoms with Gasteiger partial charge in [0.15, 0.2) is 0 Å². The van der Waals surface area contributed by atoms with Crippen molar-refractivity contribution in [3.05, 3.63) is 58.9 Å². The zero-order valence-electron chi connectivity index (χ0n) is 15.0. The second-order valence-corrected chi connectivity index (χ2v) is 5.93. The number of nitrogens with one attached hydrogen (secondary N) is 1. The highest BCUT2D eigenvalue weighted by Gasteiger charge is 2.21. The van der Waals surface area contributed by atoms with Gasteiger partial charge in [-0.25, -0.2) is 9.18 Å². The van der Waals surface area contributed by atoms with Crippen molar-refractivity contribution < 1.29 is 37.3 Å². The molecule has 0 saturated carbocycles. The molecule has 2 N–H and O–H groups in total. The lowest BCUT2D eigenvalue weighted by atomic mass is 10.1. The third-order valence-corrected chi connectivity index (χ3v) is 3.74. The third-order valence-electron chi connectivity index (χ3n) is 3.74. The summed E-state index contributed by atoms with van der Waals surface area (Å²) < 4.78 is 47.4. The molecule has 0 radical (unpaired) electrons. The summed E-state index contributed by atoms with van der Waals surface area (Å²) in [5.74, 6) is -2.32. The average Bonchev–Trinajstić information content (AvgIpc) is 2.62. The van der Waals surface area contributed by atoms with Crippen LogP contribution in [0.15, 0.2) is 36.4 Å². The van der Waals surface area contributed by atoms with Gasteiger partial charge >= 0.3 is 12.6 Å². The number of ether oxygens (including phenoxy) is 2. The van der Waals surface area contributed by atoms with Crippen molar-refractivity contribution in [1.29, 1.82) is 0 Å². The fourth-order valence-corrected chi connectivity index (χ4v) is 2.50. The number of hydrogen-bond acceptors (Lipinski definition) is 4. The molecule has 0 bridgehead atoms. The van der Waals surface area contributed by atoms with Gasteiger partial charge in [-0.2, -0.15) is 8.78 Å². The number of rotatable bonds is 8. The van der Waals surface area contributed by atoms with Crippen molar-refractivity contribution in [2.75, 3.05) is 6.54 Å². The first kappa shape index (κ1) is 21.1. The van der Waals surface area contributed by atoms with E-state index in [-0.39, 0.29) is 23.6 Å². The van der Waals surface area contributed by atoms with E-state index in [1.54, 1.807) is 0 Å². The summed E-state index contributed by atoms with van der Waals surface area (Å²) in [4.78, 5) is 23.6. The number of carbonyl (C=O) groups is 2. The van der Waals surface area contributed by atoms with Gasteiger partial charge in [-0.15, -0.1) is 0 Å². The largest absolute Gasteiger partial charge is 0.478 e. The van der Waals surface area contributed by atoms with E-state index in [4.69, 9.17) is 4.74 Å². The van der Waals surface area contributed by atoms with Crippen LogP contribution >= 0.6 is 0 Å². The number of hydrogen-bond donors (Lipinski definition) is 2. The molecule has 1 unspecified atom stereocenters. The minimum absolute atomic E-state index is 0.0189. The number of benzene rings is 2. The molecule has 0 fully saturated rings. The molecular formula is C19H18F3NO5. The highest BCUT2D eigenvalue weighted by molar-refractivity contribution is 5.95. The Labute approximate surface area is 158 Å². The minimum Gasteiger partial charge on any atom is -0.478 e. The standard InChI is InChI=1S/C19H18F3NO5/c1-10-7-12(8-11(2)16(10)28-19(21)22)17(24)23-9-15(18(25)26)27-14-5-3-13(20)4-6-14/h3-8,15,19H,9H2,1-2H3,(H,23,24)(H,25,26). The van der Waals surface area contributed by atoms with E-state index in [1.807, 2.05) is 0 Å². The first-order valence-electron chi connectivity index (χ1n) is 8.16. The molecule has 0 heterocycles. The summed E-state index contributed by atoms with van der Waals surface area (Å²) in [6.07, 6.45) is -1.40. The van der Waals surface area contributed by atoms with Crippen molar-refractivity contribution in [2.45, 2.75) is 26.6 Å². The van der Waals surface area contributed by atoms with Crippen LogP contribution in [-0.4, -0.2) is 36.2 Å². The molecule has 0 aromatic heterocycles. The Balaban J connectivity index is 2.06. The molecule has 2 aromatic carbocycles. The van der Waals surface area contributed by atoms with E-state index in [0.717, 1.165) is 12.1 Å². The smallest absolute Gasteiger partial charge is 0.387 e. The molecule has 0 aliphatic heterocycles. The first-order valence-corrected chi connectivity index (χ1v) is 8.16. The van der Waals surface area contributed by atoms with Crippen molar-refractivity contribution in [1.82, 2.24) is 5.32 Å². The summed E-state index contributed by atoms with van der Waals surface area (Å²) >= 11 is 0. The summed E-state index contributed by atoms with van der Waals surface area (Å²) in [6, 6.07) is 7.47. The predicted octanol–water partition coefficient (Wildman–Crippen LogP) is 3.31. The fraction of sp³-hybridized carbons (Fsp3) is 0.263. The van der Waals surface area contributed by atoms with Crippen molar-refractivity contribution >= 4 is 11.9 Å². The van der Waals surface area contributed by atoms with Gasteiger partial charge in [0.05, 0.1) is 6.54 Å². The summed E-state index contributed by atoms with van der Waals surface area (Å²) in [7, 11) is 0. The number of carboxylic acid groups (broad SMARTS) is 1. The lowest BCUT2D eigenvalue weighted by Crippen LogP contribution is -2.40. The lowest BCUT2D eigenvalue weighted by molar-refractivity contribution is -0.144. The number of carbonyl (C=O) groups excluding carboxylic acids is 1. The fourth-order valence-electron chi connectivity index (χ4n) is 2.50. The summed E-state index contributed by atoms with van der Waals surface area (Å²) in [5.41, 5.74) is 0.827. The molecule has 28 heavy (non-hydrogen) atoms. The number of halogens is 3. The molecule has 0 aliphatic carbocycles. The van der Waals surface area contributed by atoms with E-state index in [1.165, 1.54) is 38.1 Å². The summed E-state index contributed by atoms with van der Waals surface area (Å²) in [6.45, 7) is -0.325. The first-order chi connectivity index (χ1) is 13.2. The normalized spacial score (nSPS) is 11.8. The zero-order chi connectivity index (χ0) is 20.8. The van der Waals surface area contributed by atoms with Crippen molar-refractivity contribution in [3.63, 3.8) is 0 Å². The van der Waals surface area contributed by atoms with Crippen LogP contribution in [0.4, 0.5) is 13.2 Å². The van der Waals surface area contributed by atoms with Crippen LogP contribution in [0.5, 0.6) is 11.5 Å². The Morgan fingerprint density at radius 3 is 2.14 bits per heavy atom. The van der Waals surface area contributed by atoms with Gasteiger partial charge < -0.3 is 19.9 Å². The molecule has 1 amide bonds. The highest BCUT2D eigenvalue weighted by Crippen LogP contribution is 2.26. The number of carboxylic acids is 1. The van der Waals surface area contributed by atoms with E-state index in [0.29, 0.717) is 11.1 Å². The van der Waals surface area contributed by atoms with Gasteiger partial charge in [0.25, 0.3) is 5.91 Å². The Kier molecular flexibility index (Phi) is 6.86. The highest BCUT2D eigenvalue weighted by atomic mass is 19.3. The maximum absolute atomic E-state index is 12.9. The molecule has 0 spiro atoms. The maximum atomic E-state index is 12.9. The van der Waals surface area contributed by atoms with E-state index in [9.17, 15) is 27.9 Å². The van der Waals surface area contributed by atoms with Crippen LogP contribution in [0.2, 0.25) is 0 Å². The van der Waals surface area contributed by atoms with Crippen LogP contribution in [0.25, 0.3) is 0 Å². The monoisotopic (exact) mass is 397 g/mol. The Hall–Kier alpha value is -3.23. The lowest BCUT2D eigenvalue weighted by Gasteiger charge is -2.17. The van der Waals surface area contributed by atoms with E-state index in [2.05, 4.69) is 10.1 Å². The van der Waals surface area contributed by atoms with Gasteiger partial charge in [0, 0.05) is 5.56 Å². The van der Waals surface area contributed by atoms with Crippen LogP contribution in [0.1, 0.15) is 21.5 Å². The SMILES string of the molecule is Cc1cc(C(=O)NCC(Oc2ccc(F)cc2)C(=O)O)cc(C)c1OC(F)F. The van der Waals surface area contributed by atoms with Crippen LogP contribution in [-0.2, 0) is 4.79 Å². The topological polar surface area (TPSA) is 84.9 Å². The van der Waals surface area contributed by atoms with Crippen LogP contribution in [0.3, 0.4) is 0 Å². The second kappa shape index (κ2) is 9.12. The van der Waals surface area contributed by atoms with Gasteiger partial charge in [-0.05, 0) is 61.4 Å². The predicted molar refractivity (Wildman–Crippen MR) is 93.3 cm³/mol. The Morgan fingerprint density at radius 2 is 1.64 bits per heavy atom. The third kappa shape index (κ3) is 5.63. The molecule has 0 saturated heterocycles. The molecule has 6 nitrogen and oxygen atoms in total.